The molecule has 0 saturated carbocycles. The van der Waals surface area contributed by atoms with Crippen LogP contribution in [0, 0.1) is 0 Å². The van der Waals surface area contributed by atoms with Crippen molar-refractivity contribution in [1.29, 1.82) is 0 Å². The Morgan fingerprint density at radius 1 is 0.911 bits per heavy atom. The van der Waals surface area contributed by atoms with Gasteiger partial charge < -0.3 is 19.5 Å². The molecule has 0 bridgehead atoms. The zero-order chi connectivity index (χ0) is 31.8. The van der Waals surface area contributed by atoms with Crippen LogP contribution in [-0.4, -0.2) is 41.7 Å². The number of nitrogens with zero attached hydrogens (tertiary/aromatic N) is 1. The molecular weight excluding hydrogens is 588 g/mol. The van der Waals surface area contributed by atoms with Gasteiger partial charge in [0, 0.05) is 11.3 Å². The number of allylic oxidation sites excluding steroid dienone is 1. The van der Waals surface area contributed by atoms with E-state index in [-0.39, 0.29) is 4.91 Å². The van der Waals surface area contributed by atoms with Crippen LogP contribution in [0.15, 0.2) is 96.4 Å². The Labute approximate surface area is 266 Å². The lowest BCUT2D eigenvalue weighted by atomic mass is 10.0. The van der Waals surface area contributed by atoms with Gasteiger partial charge >= 0.3 is 0 Å². The molecule has 1 saturated heterocycles. The first-order valence-corrected chi connectivity index (χ1v) is 15.5. The van der Waals surface area contributed by atoms with E-state index in [0.717, 1.165) is 38.6 Å². The Bertz CT molecular complexity index is 1760. The van der Waals surface area contributed by atoms with Crippen LogP contribution in [0.2, 0.25) is 0 Å². The van der Waals surface area contributed by atoms with E-state index in [9.17, 15) is 14.4 Å². The number of hydrogen-bond acceptors (Lipinski definition) is 7. The summed E-state index contributed by atoms with van der Waals surface area (Å²) >= 11 is 0.793. The molecule has 0 atom stereocenters. The molecule has 0 unspecified atom stereocenters. The van der Waals surface area contributed by atoms with E-state index in [0.29, 0.717) is 54.7 Å². The summed E-state index contributed by atoms with van der Waals surface area (Å²) in [6, 6.07) is 24.8. The third-order valence-corrected chi connectivity index (χ3v) is 7.90. The number of ether oxygens (including phenoxy) is 3. The maximum atomic E-state index is 13.2. The predicted molar refractivity (Wildman–Crippen MR) is 179 cm³/mol. The van der Waals surface area contributed by atoms with Crippen molar-refractivity contribution in [3.63, 3.8) is 0 Å². The molecule has 0 spiro atoms. The number of thioether (sulfide) groups is 1. The van der Waals surface area contributed by atoms with Crippen molar-refractivity contribution < 1.29 is 28.6 Å². The molecule has 45 heavy (non-hydrogen) atoms. The molecular formula is C36H34N2O6S. The third kappa shape index (κ3) is 7.56. The van der Waals surface area contributed by atoms with Gasteiger partial charge in [0.25, 0.3) is 11.1 Å². The van der Waals surface area contributed by atoms with Crippen LogP contribution < -0.4 is 19.5 Å². The van der Waals surface area contributed by atoms with Crippen molar-refractivity contribution in [1.82, 2.24) is 4.90 Å². The zero-order valence-electron chi connectivity index (χ0n) is 25.2. The quantitative estimate of drug-likeness (QED) is 0.121. The van der Waals surface area contributed by atoms with E-state index in [4.69, 9.17) is 14.2 Å². The number of benzene rings is 4. The number of hydrogen-bond donors (Lipinski definition) is 1. The van der Waals surface area contributed by atoms with Crippen molar-refractivity contribution in [2.75, 3.05) is 25.1 Å². The normalized spacial score (nSPS) is 13.7. The second-order valence-electron chi connectivity index (χ2n) is 10.1. The van der Waals surface area contributed by atoms with Crippen LogP contribution in [0.1, 0.15) is 30.5 Å². The molecule has 0 radical (unpaired) electrons. The number of imide groups is 1. The Morgan fingerprint density at radius 3 is 2.42 bits per heavy atom. The minimum atomic E-state index is -0.536. The molecule has 230 valence electrons. The molecule has 1 aliphatic heterocycles. The Kier molecular flexibility index (Phi) is 10.2. The monoisotopic (exact) mass is 622 g/mol. The van der Waals surface area contributed by atoms with Crippen molar-refractivity contribution in [3.05, 3.63) is 113 Å². The molecule has 4 aromatic rings. The highest BCUT2D eigenvalue weighted by Crippen LogP contribution is 2.38. The molecule has 1 heterocycles. The van der Waals surface area contributed by atoms with Crippen LogP contribution in [0.5, 0.6) is 17.2 Å². The van der Waals surface area contributed by atoms with Crippen LogP contribution in [0.4, 0.5) is 10.5 Å². The first-order valence-electron chi connectivity index (χ1n) is 14.7. The van der Waals surface area contributed by atoms with Gasteiger partial charge in [0.2, 0.25) is 5.91 Å². The summed E-state index contributed by atoms with van der Waals surface area (Å²) in [6.45, 7) is 8.55. The number of rotatable bonds is 13. The molecule has 4 aromatic carbocycles. The van der Waals surface area contributed by atoms with Crippen LogP contribution in [0.3, 0.4) is 0 Å². The minimum Gasteiger partial charge on any atom is -0.494 e. The van der Waals surface area contributed by atoms with E-state index < -0.39 is 23.6 Å². The highest BCUT2D eigenvalue weighted by molar-refractivity contribution is 8.18. The summed E-state index contributed by atoms with van der Waals surface area (Å²) in [4.78, 5) is 39.8. The third-order valence-electron chi connectivity index (χ3n) is 6.99. The summed E-state index contributed by atoms with van der Waals surface area (Å²) in [5.74, 6) is 0.784. The van der Waals surface area contributed by atoms with E-state index in [1.807, 2.05) is 44.2 Å². The Hall–Kier alpha value is -5.02. The molecule has 1 aliphatic rings. The number of carbonyl (C=O) groups is 3. The fraction of sp³-hybridized carbons (Fsp3) is 0.194. The topological polar surface area (TPSA) is 94.2 Å². The average Bonchev–Trinajstić information content (AvgIpc) is 3.29. The number of fused-ring (bicyclic) bond motifs is 1. The standard InChI is InChI=1S/C36H34N2O6S/c1-4-10-26-19-24(20-31(43-6-3)34(26)44-23-27-13-9-12-25-11-7-8-14-30(25)27)21-32-35(40)38(36(41)45-32)22-33(39)37-28-15-17-29(18-16-28)42-5-2/h4,7-9,11-21H,1,5-6,10,22-23H2,2-3H3,(H,37,39)/b32-21+. The van der Waals surface area contributed by atoms with Gasteiger partial charge in [0.05, 0.1) is 18.1 Å². The molecule has 3 amide bonds. The molecule has 9 heteroatoms. The Morgan fingerprint density at radius 2 is 1.67 bits per heavy atom. The minimum absolute atomic E-state index is 0.213. The highest BCUT2D eigenvalue weighted by Gasteiger charge is 2.36. The van der Waals surface area contributed by atoms with Crippen LogP contribution >= 0.6 is 11.8 Å². The number of anilines is 1. The molecule has 0 aromatic heterocycles. The fourth-order valence-corrected chi connectivity index (χ4v) is 5.84. The zero-order valence-corrected chi connectivity index (χ0v) is 26.0. The second kappa shape index (κ2) is 14.6. The molecule has 0 aliphatic carbocycles. The molecule has 8 nitrogen and oxygen atoms in total. The van der Waals surface area contributed by atoms with Gasteiger partial charge in [0.15, 0.2) is 11.5 Å². The SMILES string of the molecule is C=CCc1cc(/C=C2/SC(=O)N(CC(=O)Nc3ccc(OCC)cc3)C2=O)cc(OCC)c1OCc1cccc2ccccc12. The number of nitrogens with one attached hydrogen (secondary N) is 1. The molecule has 1 N–H and O–H groups in total. The van der Waals surface area contributed by atoms with E-state index in [1.54, 1.807) is 42.5 Å². The van der Waals surface area contributed by atoms with Crippen molar-refractivity contribution in [2.45, 2.75) is 26.9 Å². The summed E-state index contributed by atoms with van der Waals surface area (Å²) < 4.78 is 17.8. The largest absolute Gasteiger partial charge is 0.494 e. The number of amides is 3. The van der Waals surface area contributed by atoms with Crippen LogP contribution in [-0.2, 0) is 22.6 Å². The lowest BCUT2D eigenvalue weighted by Crippen LogP contribution is -2.36. The van der Waals surface area contributed by atoms with E-state index in [1.165, 1.54) is 0 Å². The van der Waals surface area contributed by atoms with Crippen molar-refractivity contribution in [3.8, 4) is 17.2 Å². The summed E-state index contributed by atoms with van der Waals surface area (Å²) in [7, 11) is 0. The van der Waals surface area contributed by atoms with Gasteiger partial charge in [-0.2, -0.15) is 0 Å². The van der Waals surface area contributed by atoms with Crippen molar-refractivity contribution in [2.24, 2.45) is 0 Å². The summed E-state index contributed by atoms with van der Waals surface area (Å²) in [5, 5.41) is 4.45. The first-order chi connectivity index (χ1) is 21.9. The summed E-state index contributed by atoms with van der Waals surface area (Å²) in [6.07, 6.45) is 3.91. The lowest BCUT2D eigenvalue weighted by molar-refractivity contribution is -0.127. The smallest absolute Gasteiger partial charge is 0.294 e. The van der Waals surface area contributed by atoms with Gasteiger partial charge in [-0.1, -0.05) is 48.5 Å². The maximum absolute atomic E-state index is 13.2. The Balaban J connectivity index is 1.34. The summed E-state index contributed by atoms with van der Waals surface area (Å²) in [5.41, 5.74) is 3.07. The fourth-order valence-electron chi connectivity index (χ4n) is 5.00. The second-order valence-corrected chi connectivity index (χ2v) is 11.1. The molecule has 1 fully saturated rings. The average molecular weight is 623 g/mol. The molecule has 5 rings (SSSR count). The van der Waals surface area contributed by atoms with Gasteiger partial charge in [-0.3, -0.25) is 19.3 Å². The lowest BCUT2D eigenvalue weighted by Gasteiger charge is -2.17. The van der Waals surface area contributed by atoms with E-state index >= 15 is 0 Å². The highest BCUT2D eigenvalue weighted by atomic mass is 32.2. The first kappa shape index (κ1) is 31.4. The maximum Gasteiger partial charge on any atom is 0.294 e. The van der Waals surface area contributed by atoms with Crippen LogP contribution in [0.25, 0.3) is 16.8 Å². The van der Waals surface area contributed by atoms with E-state index in [2.05, 4.69) is 30.1 Å². The predicted octanol–water partition coefficient (Wildman–Crippen LogP) is 7.62. The van der Waals surface area contributed by atoms with Gasteiger partial charge in [-0.15, -0.1) is 6.58 Å². The van der Waals surface area contributed by atoms with Crippen molar-refractivity contribution >= 4 is 51.4 Å². The number of carbonyl (C=O) groups excluding carboxylic acids is 3. The van der Waals surface area contributed by atoms with Gasteiger partial charge in [0.1, 0.15) is 18.9 Å². The van der Waals surface area contributed by atoms with Gasteiger partial charge in [-0.05, 0) is 96.4 Å². The van der Waals surface area contributed by atoms with Gasteiger partial charge in [-0.25, -0.2) is 0 Å².